The molecule has 0 aromatic carbocycles. The maximum atomic E-state index is 13.3. The molecule has 144 valence electrons. The highest BCUT2D eigenvalue weighted by Gasteiger charge is 2.21. The van der Waals surface area contributed by atoms with Crippen LogP contribution in [0.4, 0.5) is 0 Å². The molecule has 0 aliphatic heterocycles. The zero-order valence-electron chi connectivity index (χ0n) is 16.3. The Morgan fingerprint density at radius 1 is 1.22 bits per heavy atom. The maximum Gasteiger partial charge on any atom is 0.330 e. The highest BCUT2D eigenvalue weighted by Crippen LogP contribution is 2.22. The number of imidazole rings is 2. The van der Waals surface area contributed by atoms with Gasteiger partial charge in [-0.25, -0.2) is 14.8 Å². The molecule has 0 radical (unpaired) electrons. The summed E-state index contributed by atoms with van der Waals surface area (Å²) in [6, 6.07) is 1.81. The van der Waals surface area contributed by atoms with Gasteiger partial charge in [0.1, 0.15) is 0 Å². The van der Waals surface area contributed by atoms with Gasteiger partial charge in [-0.3, -0.25) is 13.9 Å². The van der Waals surface area contributed by atoms with E-state index in [1.807, 2.05) is 11.5 Å². The summed E-state index contributed by atoms with van der Waals surface area (Å²) in [7, 11) is 1.58. The van der Waals surface area contributed by atoms with Crippen LogP contribution in [0.3, 0.4) is 0 Å². The number of nitrogens with zero attached hydrogens (tertiary/aromatic N) is 5. The van der Waals surface area contributed by atoms with E-state index in [1.54, 1.807) is 34.8 Å². The quantitative estimate of drug-likeness (QED) is 0.691. The Morgan fingerprint density at radius 2 is 1.96 bits per heavy atom. The average molecular weight is 370 g/mol. The molecule has 0 aliphatic carbocycles. The van der Waals surface area contributed by atoms with Crippen LogP contribution in [0, 0.1) is 0 Å². The van der Waals surface area contributed by atoms with Crippen molar-refractivity contribution in [2.75, 3.05) is 7.05 Å². The number of amides is 1. The van der Waals surface area contributed by atoms with Crippen molar-refractivity contribution in [1.82, 2.24) is 29.0 Å². The Hall–Kier alpha value is -2.90. The van der Waals surface area contributed by atoms with E-state index in [9.17, 15) is 9.59 Å². The Morgan fingerprint density at radius 3 is 2.59 bits per heavy atom. The minimum atomic E-state index is -0.225. The normalized spacial score (nSPS) is 11.4. The van der Waals surface area contributed by atoms with Crippen molar-refractivity contribution in [2.45, 2.75) is 52.7 Å². The summed E-state index contributed by atoms with van der Waals surface area (Å²) in [4.78, 5) is 34.0. The third kappa shape index (κ3) is 3.27. The van der Waals surface area contributed by atoms with Crippen LogP contribution in [0.2, 0.25) is 0 Å². The first kappa shape index (κ1) is 18.9. The molecule has 8 heteroatoms. The van der Waals surface area contributed by atoms with Crippen LogP contribution in [0.15, 0.2) is 29.6 Å². The number of rotatable bonds is 7. The van der Waals surface area contributed by atoms with Gasteiger partial charge in [0, 0.05) is 32.0 Å². The average Bonchev–Trinajstić information content (AvgIpc) is 3.25. The second-order valence-corrected chi connectivity index (χ2v) is 6.53. The number of carbonyl (C=O) groups is 1. The van der Waals surface area contributed by atoms with Gasteiger partial charge in [-0.15, -0.1) is 0 Å². The summed E-state index contributed by atoms with van der Waals surface area (Å²) in [6.45, 7) is 7.32. The van der Waals surface area contributed by atoms with Crippen molar-refractivity contribution in [3.8, 4) is 0 Å². The number of aromatic nitrogens is 5. The number of hydrogen-bond donors (Lipinski definition) is 1. The van der Waals surface area contributed by atoms with E-state index in [0.29, 0.717) is 23.3 Å². The number of hydrogen-bond acceptors (Lipinski definition) is 4. The SMILES string of the molecule is CCC(CC)n1c(=O)n(Cc2cncn2CC)c2cc(C(=O)NC)cnc21. The van der Waals surface area contributed by atoms with Gasteiger partial charge in [0.2, 0.25) is 0 Å². The van der Waals surface area contributed by atoms with E-state index in [0.717, 1.165) is 25.1 Å². The molecule has 0 bridgehead atoms. The van der Waals surface area contributed by atoms with Crippen molar-refractivity contribution in [3.63, 3.8) is 0 Å². The van der Waals surface area contributed by atoms with E-state index in [1.165, 1.54) is 6.20 Å². The van der Waals surface area contributed by atoms with Crippen LogP contribution < -0.4 is 11.0 Å². The molecule has 8 nitrogen and oxygen atoms in total. The molecular weight excluding hydrogens is 344 g/mol. The monoisotopic (exact) mass is 370 g/mol. The van der Waals surface area contributed by atoms with Gasteiger partial charge in [0.05, 0.1) is 29.6 Å². The molecule has 3 aromatic rings. The lowest BCUT2D eigenvalue weighted by Crippen LogP contribution is -2.28. The molecule has 1 amide bonds. The van der Waals surface area contributed by atoms with Crippen molar-refractivity contribution in [1.29, 1.82) is 0 Å². The van der Waals surface area contributed by atoms with E-state index >= 15 is 0 Å². The molecule has 0 saturated carbocycles. The van der Waals surface area contributed by atoms with Gasteiger partial charge < -0.3 is 9.88 Å². The lowest BCUT2D eigenvalue weighted by atomic mass is 10.1. The number of aryl methyl sites for hydroxylation is 1. The van der Waals surface area contributed by atoms with Crippen LogP contribution in [0.1, 0.15) is 55.7 Å². The highest BCUT2D eigenvalue weighted by molar-refractivity contribution is 5.96. The highest BCUT2D eigenvalue weighted by atomic mass is 16.2. The zero-order chi connectivity index (χ0) is 19.6. The van der Waals surface area contributed by atoms with E-state index in [-0.39, 0.29) is 17.6 Å². The van der Waals surface area contributed by atoms with Crippen molar-refractivity contribution in [2.24, 2.45) is 0 Å². The Balaban J connectivity index is 2.24. The molecule has 3 aromatic heterocycles. The number of pyridine rings is 1. The van der Waals surface area contributed by atoms with E-state index in [4.69, 9.17) is 0 Å². The predicted octanol–water partition coefficient (Wildman–Crippen LogP) is 2.18. The zero-order valence-corrected chi connectivity index (χ0v) is 16.3. The molecule has 27 heavy (non-hydrogen) atoms. The molecule has 3 heterocycles. The van der Waals surface area contributed by atoms with E-state index in [2.05, 4.69) is 29.1 Å². The van der Waals surface area contributed by atoms with Crippen LogP contribution >= 0.6 is 0 Å². The van der Waals surface area contributed by atoms with E-state index < -0.39 is 0 Å². The first-order valence-electron chi connectivity index (χ1n) is 9.37. The maximum absolute atomic E-state index is 13.3. The molecule has 0 saturated heterocycles. The van der Waals surface area contributed by atoms with Crippen molar-refractivity contribution < 1.29 is 4.79 Å². The molecule has 0 atom stereocenters. The summed E-state index contributed by atoms with van der Waals surface area (Å²) in [5.41, 5.74) is 2.54. The standard InChI is InChI=1S/C19H26N6O2/c1-5-14(6-2)25-17-16(8-13(9-22-17)18(26)20-4)24(19(25)27)11-15-10-21-12-23(15)7-3/h8-10,12,14H,5-7,11H2,1-4H3,(H,20,26). The van der Waals surface area contributed by atoms with Crippen molar-refractivity contribution in [3.05, 3.63) is 46.5 Å². The summed E-state index contributed by atoms with van der Waals surface area (Å²) in [6.07, 6.45) is 6.73. The van der Waals surface area contributed by atoms with Crippen molar-refractivity contribution >= 4 is 17.1 Å². The minimum absolute atomic E-state index is 0.0655. The summed E-state index contributed by atoms with van der Waals surface area (Å²) in [5.74, 6) is -0.225. The lowest BCUT2D eigenvalue weighted by Gasteiger charge is -2.13. The molecule has 0 unspecified atom stereocenters. The molecule has 3 rings (SSSR count). The molecular formula is C19H26N6O2. The fourth-order valence-corrected chi connectivity index (χ4v) is 3.48. The fraction of sp³-hybridized carbons (Fsp3) is 0.474. The predicted molar refractivity (Wildman–Crippen MR) is 104 cm³/mol. The topological polar surface area (TPSA) is 86.7 Å². The summed E-state index contributed by atoms with van der Waals surface area (Å²) < 4.78 is 5.45. The third-order valence-corrected chi connectivity index (χ3v) is 5.06. The third-order valence-electron chi connectivity index (χ3n) is 5.06. The van der Waals surface area contributed by atoms with Gasteiger partial charge in [-0.1, -0.05) is 13.8 Å². The molecule has 0 spiro atoms. The fourth-order valence-electron chi connectivity index (χ4n) is 3.48. The van der Waals surface area contributed by atoms with Crippen LogP contribution in [0.5, 0.6) is 0 Å². The van der Waals surface area contributed by atoms with Gasteiger partial charge >= 0.3 is 5.69 Å². The first-order chi connectivity index (χ1) is 13.0. The van der Waals surface area contributed by atoms with Crippen LogP contribution in [-0.4, -0.2) is 36.6 Å². The smallest absolute Gasteiger partial charge is 0.330 e. The molecule has 1 N–H and O–H groups in total. The Labute approximate surface area is 157 Å². The largest absolute Gasteiger partial charge is 0.355 e. The Kier molecular flexibility index (Phi) is 5.43. The van der Waals surface area contributed by atoms with Crippen LogP contribution in [-0.2, 0) is 13.1 Å². The number of nitrogens with one attached hydrogen (secondary N) is 1. The lowest BCUT2D eigenvalue weighted by molar-refractivity contribution is 0.0963. The number of fused-ring (bicyclic) bond motifs is 1. The first-order valence-corrected chi connectivity index (χ1v) is 9.37. The van der Waals surface area contributed by atoms with Gasteiger partial charge in [-0.05, 0) is 25.8 Å². The second kappa shape index (κ2) is 7.77. The van der Waals surface area contributed by atoms with Gasteiger partial charge in [0.25, 0.3) is 5.91 Å². The summed E-state index contributed by atoms with van der Waals surface area (Å²) in [5, 5.41) is 2.61. The molecule has 0 aliphatic rings. The Bertz CT molecular complexity index is 1010. The minimum Gasteiger partial charge on any atom is -0.355 e. The van der Waals surface area contributed by atoms with Gasteiger partial charge in [0.15, 0.2) is 5.65 Å². The second-order valence-electron chi connectivity index (χ2n) is 6.53. The van der Waals surface area contributed by atoms with Crippen LogP contribution in [0.25, 0.3) is 11.2 Å². The summed E-state index contributed by atoms with van der Waals surface area (Å²) >= 11 is 0. The molecule has 0 fully saturated rings. The number of carbonyl (C=O) groups excluding carboxylic acids is 1. The van der Waals surface area contributed by atoms with Gasteiger partial charge in [-0.2, -0.15) is 0 Å².